The zero-order valence-electron chi connectivity index (χ0n) is 10.7. The molecule has 0 fully saturated rings. The number of aromatic nitrogens is 2. The number of halogens is 1. The van der Waals surface area contributed by atoms with Crippen molar-refractivity contribution in [2.45, 2.75) is 5.92 Å². The number of carbonyl (C=O) groups is 2. The summed E-state index contributed by atoms with van der Waals surface area (Å²) in [6, 6.07) is 6.94. The van der Waals surface area contributed by atoms with Crippen molar-refractivity contribution < 1.29 is 14.7 Å². The number of carboxylic acids is 1. The number of para-hydroxylation sites is 1. The number of hydrogen-bond donors (Lipinski definition) is 1. The lowest BCUT2D eigenvalue weighted by atomic mass is 10.0. The van der Waals surface area contributed by atoms with E-state index in [1.165, 1.54) is 17.3 Å². The first kappa shape index (κ1) is 13.5. The van der Waals surface area contributed by atoms with Crippen LogP contribution in [0.1, 0.15) is 22.0 Å². The molecule has 0 bridgehead atoms. The molecular weight excluding hydrogens is 294 g/mol. The SMILES string of the molecule is O=C(O)C1CN(C(=O)c2cncc(Cl)n2)c2ccccc21. The minimum Gasteiger partial charge on any atom is -0.481 e. The Hall–Kier alpha value is -2.47. The van der Waals surface area contributed by atoms with Gasteiger partial charge in [0.05, 0.1) is 12.4 Å². The summed E-state index contributed by atoms with van der Waals surface area (Å²) in [5.41, 5.74) is 1.29. The Morgan fingerprint density at radius 2 is 2.05 bits per heavy atom. The quantitative estimate of drug-likeness (QED) is 0.917. The van der Waals surface area contributed by atoms with Gasteiger partial charge < -0.3 is 10.0 Å². The molecule has 3 rings (SSSR count). The number of aliphatic carboxylic acids is 1. The Morgan fingerprint density at radius 1 is 1.29 bits per heavy atom. The summed E-state index contributed by atoms with van der Waals surface area (Å²) in [5.74, 6) is -2.12. The molecule has 1 unspecified atom stereocenters. The van der Waals surface area contributed by atoms with Crippen LogP contribution in [-0.2, 0) is 4.79 Å². The zero-order chi connectivity index (χ0) is 15.0. The van der Waals surface area contributed by atoms with E-state index in [2.05, 4.69) is 9.97 Å². The summed E-state index contributed by atoms with van der Waals surface area (Å²) >= 11 is 5.74. The van der Waals surface area contributed by atoms with Crippen molar-refractivity contribution in [3.63, 3.8) is 0 Å². The lowest BCUT2D eigenvalue weighted by Crippen LogP contribution is -2.32. The predicted molar refractivity (Wildman–Crippen MR) is 75.5 cm³/mol. The van der Waals surface area contributed by atoms with E-state index >= 15 is 0 Å². The molecule has 2 aromatic rings. The molecule has 0 saturated carbocycles. The highest BCUT2D eigenvalue weighted by molar-refractivity contribution is 6.29. The van der Waals surface area contributed by atoms with Crippen LogP contribution in [0.5, 0.6) is 0 Å². The van der Waals surface area contributed by atoms with Crippen LogP contribution < -0.4 is 4.90 Å². The van der Waals surface area contributed by atoms with E-state index in [1.54, 1.807) is 24.3 Å². The molecule has 21 heavy (non-hydrogen) atoms. The average Bonchev–Trinajstić information content (AvgIpc) is 2.86. The summed E-state index contributed by atoms with van der Waals surface area (Å²) in [6.07, 6.45) is 2.64. The first-order valence-electron chi connectivity index (χ1n) is 6.19. The van der Waals surface area contributed by atoms with Gasteiger partial charge in [-0.2, -0.15) is 0 Å². The third-order valence-electron chi connectivity index (χ3n) is 3.34. The molecule has 1 aromatic carbocycles. The van der Waals surface area contributed by atoms with Gasteiger partial charge in [0.15, 0.2) is 0 Å². The van der Waals surface area contributed by atoms with Gasteiger partial charge in [-0.3, -0.25) is 14.6 Å². The second-order valence-corrected chi connectivity index (χ2v) is 4.98. The van der Waals surface area contributed by atoms with Crippen molar-refractivity contribution in [3.8, 4) is 0 Å². The zero-order valence-corrected chi connectivity index (χ0v) is 11.5. The monoisotopic (exact) mass is 303 g/mol. The predicted octanol–water partition coefficient (Wildman–Crippen LogP) is 1.96. The summed E-state index contributed by atoms with van der Waals surface area (Å²) in [6.45, 7) is 0.0711. The highest BCUT2D eigenvalue weighted by atomic mass is 35.5. The number of fused-ring (bicyclic) bond motifs is 1. The van der Waals surface area contributed by atoms with E-state index in [0.717, 1.165) is 0 Å². The van der Waals surface area contributed by atoms with E-state index in [-0.39, 0.29) is 17.4 Å². The molecule has 6 nitrogen and oxygen atoms in total. The van der Waals surface area contributed by atoms with Gasteiger partial charge in [0.1, 0.15) is 16.8 Å². The molecule has 0 spiro atoms. The molecule has 1 atom stereocenters. The number of carboxylic acid groups (broad SMARTS) is 1. The minimum absolute atomic E-state index is 0.0711. The molecule has 2 heterocycles. The third-order valence-corrected chi connectivity index (χ3v) is 3.52. The van der Waals surface area contributed by atoms with Gasteiger partial charge in [0.25, 0.3) is 5.91 Å². The van der Waals surface area contributed by atoms with Gasteiger partial charge >= 0.3 is 5.97 Å². The van der Waals surface area contributed by atoms with Crippen molar-refractivity contribution in [1.82, 2.24) is 9.97 Å². The van der Waals surface area contributed by atoms with Crippen molar-refractivity contribution in [2.75, 3.05) is 11.4 Å². The number of amides is 1. The standard InChI is InChI=1S/C14H10ClN3O3/c15-12-6-16-5-10(17-12)13(19)18-7-9(14(20)21)8-3-1-2-4-11(8)18/h1-6,9H,7H2,(H,20,21). The van der Waals surface area contributed by atoms with Crippen molar-refractivity contribution in [3.05, 3.63) is 53.1 Å². The highest BCUT2D eigenvalue weighted by Gasteiger charge is 2.37. The summed E-state index contributed by atoms with van der Waals surface area (Å²) in [5, 5.41) is 9.40. The molecule has 1 aliphatic rings. The molecule has 7 heteroatoms. The molecule has 0 saturated heterocycles. The molecule has 0 radical (unpaired) electrons. The molecular formula is C14H10ClN3O3. The van der Waals surface area contributed by atoms with Crippen LogP contribution in [0.3, 0.4) is 0 Å². The fourth-order valence-electron chi connectivity index (χ4n) is 2.39. The normalized spacial score (nSPS) is 16.6. The van der Waals surface area contributed by atoms with Crippen LogP contribution in [0.15, 0.2) is 36.7 Å². The van der Waals surface area contributed by atoms with Gasteiger partial charge in [0.2, 0.25) is 0 Å². The van der Waals surface area contributed by atoms with Crippen LogP contribution in [0, 0.1) is 0 Å². The van der Waals surface area contributed by atoms with Crippen molar-refractivity contribution in [1.29, 1.82) is 0 Å². The molecule has 1 aromatic heterocycles. The number of hydrogen-bond acceptors (Lipinski definition) is 4. The van der Waals surface area contributed by atoms with E-state index in [9.17, 15) is 14.7 Å². The van der Waals surface area contributed by atoms with Crippen LogP contribution >= 0.6 is 11.6 Å². The first-order chi connectivity index (χ1) is 10.1. The Morgan fingerprint density at radius 3 is 2.76 bits per heavy atom. The van der Waals surface area contributed by atoms with Crippen LogP contribution in [0.2, 0.25) is 5.15 Å². The summed E-state index contributed by atoms with van der Waals surface area (Å²) in [7, 11) is 0. The average molecular weight is 304 g/mol. The Kier molecular flexibility index (Phi) is 3.31. The van der Waals surface area contributed by atoms with Crippen LogP contribution in [0.4, 0.5) is 5.69 Å². The van der Waals surface area contributed by atoms with Gasteiger partial charge in [-0.15, -0.1) is 0 Å². The molecule has 1 aliphatic heterocycles. The second-order valence-electron chi connectivity index (χ2n) is 4.59. The second kappa shape index (κ2) is 5.14. The summed E-state index contributed by atoms with van der Waals surface area (Å²) < 4.78 is 0. The highest BCUT2D eigenvalue weighted by Crippen LogP contribution is 2.36. The molecule has 1 amide bonds. The van der Waals surface area contributed by atoms with Crippen molar-refractivity contribution >= 4 is 29.2 Å². The number of carbonyl (C=O) groups excluding carboxylic acids is 1. The first-order valence-corrected chi connectivity index (χ1v) is 6.57. The van der Waals surface area contributed by atoms with Crippen LogP contribution in [0.25, 0.3) is 0 Å². The Bertz CT molecular complexity index is 735. The smallest absolute Gasteiger partial charge is 0.312 e. The van der Waals surface area contributed by atoms with E-state index < -0.39 is 17.8 Å². The lowest BCUT2D eigenvalue weighted by molar-refractivity contribution is -0.138. The maximum Gasteiger partial charge on any atom is 0.312 e. The topological polar surface area (TPSA) is 83.4 Å². The van der Waals surface area contributed by atoms with Gasteiger partial charge in [-0.1, -0.05) is 29.8 Å². The van der Waals surface area contributed by atoms with Crippen LogP contribution in [-0.4, -0.2) is 33.5 Å². The summed E-state index contributed by atoms with van der Waals surface area (Å²) in [4.78, 5) is 33.0. The van der Waals surface area contributed by atoms with E-state index in [0.29, 0.717) is 11.3 Å². The maximum absolute atomic E-state index is 12.5. The molecule has 1 N–H and O–H groups in total. The number of benzene rings is 1. The Balaban J connectivity index is 2.01. The fourth-order valence-corrected chi connectivity index (χ4v) is 2.54. The fraction of sp³-hybridized carbons (Fsp3) is 0.143. The third kappa shape index (κ3) is 2.34. The minimum atomic E-state index is -0.963. The van der Waals surface area contributed by atoms with Gasteiger partial charge in [0, 0.05) is 12.2 Å². The van der Waals surface area contributed by atoms with E-state index in [4.69, 9.17) is 11.6 Å². The van der Waals surface area contributed by atoms with Crippen molar-refractivity contribution in [2.24, 2.45) is 0 Å². The Labute approximate surface area is 125 Å². The van der Waals surface area contributed by atoms with Gasteiger partial charge in [-0.25, -0.2) is 4.98 Å². The maximum atomic E-state index is 12.5. The van der Waals surface area contributed by atoms with Gasteiger partial charge in [-0.05, 0) is 11.6 Å². The van der Waals surface area contributed by atoms with E-state index in [1.807, 2.05) is 0 Å². The number of nitrogens with zero attached hydrogens (tertiary/aromatic N) is 3. The molecule has 0 aliphatic carbocycles. The lowest BCUT2D eigenvalue weighted by Gasteiger charge is -2.16. The largest absolute Gasteiger partial charge is 0.481 e. The number of anilines is 1. The number of rotatable bonds is 2. The molecule has 106 valence electrons.